The van der Waals surface area contributed by atoms with Crippen molar-refractivity contribution in [1.82, 2.24) is 30.5 Å². The van der Waals surface area contributed by atoms with Crippen LogP contribution in [0.3, 0.4) is 0 Å². The molecule has 0 fully saturated rings. The quantitative estimate of drug-likeness (QED) is 0.150. The number of imidazole rings is 1. The van der Waals surface area contributed by atoms with E-state index >= 15 is 0 Å². The number of pyridine rings is 1. The van der Waals surface area contributed by atoms with Crippen LogP contribution < -0.4 is 5.32 Å². The average molecular weight is 541 g/mol. The van der Waals surface area contributed by atoms with Gasteiger partial charge in [-0.05, 0) is 62.8 Å². The number of allylic oxidation sites excluding steroid dienone is 6. The molecule has 194 valence electrons. The molecule has 0 saturated heterocycles. The first-order valence-electron chi connectivity index (χ1n) is 12.4. The third-order valence-electron chi connectivity index (χ3n) is 5.99. The number of fused-ring (bicyclic) bond motifs is 1. The molecule has 0 aliphatic rings. The Hall–Kier alpha value is -3.88. The van der Waals surface area contributed by atoms with E-state index in [4.69, 9.17) is 22.2 Å². The minimum atomic E-state index is 0.234. The van der Waals surface area contributed by atoms with E-state index < -0.39 is 0 Å². The summed E-state index contributed by atoms with van der Waals surface area (Å²) < 4.78 is 0. The molecule has 4 rings (SSSR count). The number of thiocarbonyl (C=S) groups is 1. The number of nitrogens with zero attached hydrogens (tertiary/aromatic N) is 3. The number of H-pyrrole nitrogens is 2. The Morgan fingerprint density at radius 1 is 1.13 bits per heavy atom. The van der Waals surface area contributed by atoms with Crippen molar-refractivity contribution >= 4 is 50.7 Å². The summed E-state index contributed by atoms with van der Waals surface area (Å²) in [6, 6.07) is 8.19. The monoisotopic (exact) mass is 540 g/mol. The van der Waals surface area contributed by atoms with Crippen LogP contribution in [0.25, 0.3) is 33.7 Å². The number of nitrogens with one attached hydrogen (secondary N) is 3. The van der Waals surface area contributed by atoms with Crippen LogP contribution in [0, 0.1) is 19.8 Å². The lowest BCUT2D eigenvalue weighted by Gasteiger charge is -2.12. The van der Waals surface area contributed by atoms with Crippen molar-refractivity contribution in [3.8, 4) is 11.5 Å². The van der Waals surface area contributed by atoms with E-state index in [1.54, 1.807) is 23.5 Å². The van der Waals surface area contributed by atoms with E-state index in [0.717, 1.165) is 54.8 Å². The van der Waals surface area contributed by atoms with Crippen molar-refractivity contribution < 1.29 is 0 Å². The van der Waals surface area contributed by atoms with E-state index in [9.17, 15) is 0 Å². The zero-order valence-electron chi connectivity index (χ0n) is 22.3. The molecule has 0 aromatic carbocycles. The summed E-state index contributed by atoms with van der Waals surface area (Å²) in [6.45, 7) is 18.1. The Morgan fingerprint density at radius 3 is 2.55 bits per heavy atom. The fraction of sp³-hybridized carbons (Fsp3) is 0.200. The average Bonchev–Trinajstić information content (AvgIpc) is 3.62. The van der Waals surface area contributed by atoms with Crippen LogP contribution in [0.15, 0.2) is 73.5 Å². The smallest absolute Gasteiger partial charge is 0.161 e. The molecule has 0 saturated carbocycles. The highest BCUT2D eigenvalue weighted by Gasteiger charge is 2.19. The van der Waals surface area contributed by atoms with Crippen molar-refractivity contribution in [2.24, 2.45) is 5.92 Å². The summed E-state index contributed by atoms with van der Waals surface area (Å²) in [5, 5.41) is 10.9. The van der Waals surface area contributed by atoms with Crippen LogP contribution in [-0.4, -0.2) is 30.1 Å². The molecule has 4 aromatic rings. The first-order chi connectivity index (χ1) is 18.2. The van der Waals surface area contributed by atoms with Gasteiger partial charge in [-0.1, -0.05) is 57.5 Å². The van der Waals surface area contributed by atoms with E-state index in [1.165, 1.54) is 4.88 Å². The Balaban J connectivity index is 1.74. The molecule has 0 bridgehead atoms. The predicted octanol–water partition coefficient (Wildman–Crippen LogP) is 7.69. The maximum atomic E-state index is 5.46. The number of hydrogen-bond acceptors (Lipinski definition) is 5. The van der Waals surface area contributed by atoms with Crippen molar-refractivity contribution in [2.45, 2.75) is 34.6 Å². The molecule has 0 radical (unpaired) electrons. The third-order valence-corrected chi connectivity index (χ3v) is 7.60. The predicted molar refractivity (Wildman–Crippen MR) is 165 cm³/mol. The molecule has 0 unspecified atom stereocenters. The number of thiophene rings is 1. The Bertz CT molecular complexity index is 1610. The van der Waals surface area contributed by atoms with Crippen LogP contribution in [0.1, 0.15) is 47.6 Å². The van der Waals surface area contributed by atoms with Gasteiger partial charge in [0.25, 0.3) is 0 Å². The molecular formula is C30H32N6S2. The summed E-state index contributed by atoms with van der Waals surface area (Å²) >= 11 is 7.19. The molecule has 0 amide bonds. The van der Waals surface area contributed by atoms with Crippen LogP contribution in [0.5, 0.6) is 0 Å². The number of rotatable bonds is 9. The summed E-state index contributed by atoms with van der Waals surface area (Å²) in [5.41, 5.74) is 7.65. The van der Waals surface area contributed by atoms with Crippen LogP contribution in [0.4, 0.5) is 0 Å². The molecular weight excluding hydrogens is 509 g/mol. The van der Waals surface area contributed by atoms with Gasteiger partial charge in [0.05, 0.1) is 21.9 Å². The highest BCUT2D eigenvalue weighted by molar-refractivity contribution is 7.80. The van der Waals surface area contributed by atoms with Gasteiger partial charge in [0.1, 0.15) is 5.52 Å². The van der Waals surface area contributed by atoms with Gasteiger partial charge in [0.2, 0.25) is 0 Å². The minimum absolute atomic E-state index is 0.234. The lowest BCUT2D eigenvalue weighted by Crippen LogP contribution is -2.24. The number of aromatic amines is 2. The fourth-order valence-corrected chi connectivity index (χ4v) is 4.95. The maximum absolute atomic E-state index is 5.46. The zero-order chi connectivity index (χ0) is 27.4. The number of hydrogen-bond donors (Lipinski definition) is 3. The van der Waals surface area contributed by atoms with Crippen LogP contribution >= 0.6 is 23.6 Å². The highest BCUT2D eigenvalue weighted by atomic mass is 32.1. The molecule has 0 spiro atoms. The van der Waals surface area contributed by atoms with Gasteiger partial charge in [0.15, 0.2) is 11.5 Å². The Morgan fingerprint density at radius 2 is 1.92 bits per heavy atom. The molecule has 0 aliphatic carbocycles. The van der Waals surface area contributed by atoms with Crippen LogP contribution in [-0.2, 0) is 0 Å². The van der Waals surface area contributed by atoms with E-state index in [-0.39, 0.29) is 5.92 Å². The van der Waals surface area contributed by atoms with Gasteiger partial charge in [-0.25, -0.2) is 9.97 Å². The summed E-state index contributed by atoms with van der Waals surface area (Å²) in [5.74, 6) is 0.891. The van der Waals surface area contributed by atoms with E-state index in [0.29, 0.717) is 11.5 Å². The van der Waals surface area contributed by atoms with E-state index in [2.05, 4.69) is 66.6 Å². The second kappa shape index (κ2) is 11.7. The van der Waals surface area contributed by atoms with Gasteiger partial charge in [-0.15, -0.1) is 11.3 Å². The first kappa shape index (κ1) is 27.2. The van der Waals surface area contributed by atoms with Crippen LogP contribution in [0.2, 0.25) is 0 Å². The normalized spacial score (nSPS) is 12.8. The number of aryl methyl sites for hydroxylation is 2. The van der Waals surface area contributed by atoms with Gasteiger partial charge in [0, 0.05) is 32.6 Å². The summed E-state index contributed by atoms with van der Waals surface area (Å²) in [6.07, 6.45) is 9.57. The molecule has 8 heteroatoms. The Kier molecular flexibility index (Phi) is 8.34. The van der Waals surface area contributed by atoms with Crippen molar-refractivity contribution in [1.29, 1.82) is 0 Å². The SMILES string of the molecule is C=C/C=C(/c1ccc(C)s1)c1nc(-c2n[nH]c3ccc(C(/C=C(\C=C)NC(=S)C(C)C)=C/C)nc23)[nH]c1C. The summed E-state index contributed by atoms with van der Waals surface area (Å²) in [4.78, 5) is 16.5. The second-order valence-electron chi connectivity index (χ2n) is 9.14. The molecule has 4 heterocycles. The molecule has 6 nitrogen and oxygen atoms in total. The molecule has 0 aliphatic heterocycles. The molecule has 3 N–H and O–H groups in total. The lowest BCUT2D eigenvalue weighted by atomic mass is 10.1. The maximum Gasteiger partial charge on any atom is 0.161 e. The molecule has 0 atom stereocenters. The molecule has 4 aromatic heterocycles. The first-order valence-corrected chi connectivity index (χ1v) is 13.6. The van der Waals surface area contributed by atoms with Gasteiger partial charge in [-0.2, -0.15) is 5.10 Å². The largest absolute Gasteiger partial charge is 0.350 e. The van der Waals surface area contributed by atoms with Crippen molar-refractivity contribution in [3.63, 3.8) is 0 Å². The third kappa shape index (κ3) is 5.66. The van der Waals surface area contributed by atoms with Crippen molar-refractivity contribution in [3.05, 3.63) is 100 Å². The second-order valence-corrected chi connectivity index (χ2v) is 10.9. The standard InChI is InChI=1S/C30H32N6S2/c1-8-11-22(25-15-12-18(6)38-25)26-19(7)31-29(34-26)28-27-24(35-36-28)14-13-23(33-27)20(9-2)16-21(10-3)32-30(37)17(4)5/h8-17H,1,3H2,2,4-7H3,(H,31,34)(H,32,37)(H,35,36)/b20-9+,21-16+,22-11-. The van der Waals surface area contributed by atoms with E-state index in [1.807, 2.05) is 44.2 Å². The van der Waals surface area contributed by atoms with Gasteiger partial charge in [-0.3, -0.25) is 5.10 Å². The van der Waals surface area contributed by atoms with Gasteiger partial charge >= 0.3 is 0 Å². The van der Waals surface area contributed by atoms with Crippen molar-refractivity contribution in [2.75, 3.05) is 0 Å². The zero-order valence-corrected chi connectivity index (χ0v) is 24.0. The summed E-state index contributed by atoms with van der Waals surface area (Å²) in [7, 11) is 0. The lowest BCUT2D eigenvalue weighted by molar-refractivity contribution is 0.863. The fourth-order valence-electron chi connectivity index (χ4n) is 3.94. The number of aromatic nitrogens is 5. The topological polar surface area (TPSA) is 82.3 Å². The highest BCUT2D eigenvalue weighted by Crippen LogP contribution is 2.33. The minimum Gasteiger partial charge on any atom is -0.350 e. The van der Waals surface area contributed by atoms with Gasteiger partial charge < -0.3 is 10.3 Å². The molecule has 38 heavy (non-hydrogen) atoms. The Labute approximate surface area is 233 Å².